The van der Waals surface area contributed by atoms with Crippen molar-refractivity contribution in [2.24, 2.45) is 17.8 Å². The minimum atomic E-state index is -4.31. The lowest BCUT2D eigenvalue weighted by Gasteiger charge is -2.23. The van der Waals surface area contributed by atoms with Crippen LogP contribution >= 0.6 is 0 Å². The van der Waals surface area contributed by atoms with E-state index in [1.54, 1.807) is 24.5 Å². The number of nitrogens with one attached hydrogen (secondary N) is 1. The summed E-state index contributed by atoms with van der Waals surface area (Å²) in [5.74, 6) is 1.42. The second-order valence-corrected chi connectivity index (χ2v) is 7.64. The first-order chi connectivity index (χ1) is 13.9. The molecule has 2 fully saturated rings. The zero-order valence-electron chi connectivity index (χ0n) is 15.8. The standard InChI is InChI=1S/C22H22F3N3O/c23-22(24,25)16-4-1-5-17(11-16)28-13-19-18(20(19)14-28)8-10-27-21(29)7-6-15-3-2-9-26-12-15/h1-7,9,11-12,18-20H,8,10,13-14H2,(H,27,29)/b7-6+/t18?,19-,20+. The predicted molar refractivity (Wildman–Crippen MR) is 105 cm³/mol. The van der Waals surface area contributed by atoms with Gasteiger partial charge in [-0.2, -0.15) is 13.2 Å². The van der Waals surface area contributed by atoms with E-state index in [4.69, 9.17) is 0 Å². The molecule has 2 aliphatic rings. The molecule has 1 aromatic heterocycles. The maximum Gasteiger partial charge on any atom is 0.416 e. The van der Waals surface area contributed by atoms with Crippen LogP contribution in [0.15, 0.2) is 54.9 Å². The molecule has 29 heavy (non-hydrogen) atoms. The van der Waals surface area contributed by atoms with E-state index in [0.29, 0.717) is 30.0 Å². The van der Waals surface area contributed by atoms with Crippen LogP contribution in [0.5, 0.6) is 0 Å². The Morgan fingerprint density at radius 2 is 2.00 bits per heavy atom. The molecule has 2 heterocycles. The van der Waals surface area contributed by atoms with Crippen LogP contribution in [0.2, 0.25) is 0 Å². The van der Waals surface area contributed by atoms with E-state index in [-0.39, 0.29) is 5.91 Å². The lowest BCUT2D eigenvalue weighted by Crippen LogP contribution is -2.26. The van der Waals surface area contributed by atoms with E-state index >= 15 is 0 Å². The Hall–Kier alpha value is -2.83. The van der Waals surface area contributed by atoms with E-state index < -0.39 is 11.7 Å². The van der Waals surface area contributed by atoms with Gasteiger partial charge in [0, 0.05) is 43.8 Å². The number of piperidine rings is 1. The number of amides is 1. The maximum atomic E-state index is 12.9. The number of halogens is 3. The Morgan fingerprint density at radius 1 is 1.21 bits per heavy atom. The minimum absolute atomic E-state index is 0.134. The van der Waals surface area contributed by atoms with Gasteiger partial charge in [-0.05, 0) is 60.1 Å². The molecule has 7 heteroatoms. The zero-order valence-corrected chi connectivity index (χ0v) is 15.8. The summed E-state index contributed by atoms with van der Waals surface area (Å²) in [6.45, 7) is 2.18. The first-order valence-electron chi connectivity index (χ1n) is 9.70. The third-order valence-electron chi connectivity index (χ3n) is 5.80. The largest absolute Gasteiger partial charge is 0.416 e. The lowest BCUT2D eigenvalue weighted by molar-refractivity contribution is -0.137. The maximum absolute atomic E-state index is 12.9. The number of pyridine rings is 1. The fourth-order valence-electron chi connectivity index (χ4n) is 4.23. The molecule has 1 amide bonds. The molecule has 3 atom stereocenters. The van der Waals surface area contributed by atoms with Gasteiger partial charge in [-0.15, -0.1) is 0 Å². The van der Waals surface area contributed by atoms with Gasteiger partial charge in [-0.3, -0.25) is 9.78 Å². The molecule has 1 N–H and O–H groups in total. The molecule has 1 unspecified atom stereocenters. The molecule has 0 radical (unpaired) electrons. The number of alkyl halides is 3. The highest BCUT2D eigenvalue weighted by atomic mass is 19.4. The molecule has 1 aliphatic heterocycles. The third kappa shape index (κ3) is 4.60. The van der Waals surface area contributed by atoms with Crippen LogP contribution in [-0.4, -0.2) is 30.5 Å². The molecule has 1 saturated heterocycles. The number of benzene rings is 1. The van der Waals surface area contributed by atoms with Crippen LogP contribution in [0.1, 0.15) is 17.5 Å². The lowest BCUT2D eigenvalue weighted by atomic mass is 10.1. The molecule has 0 bridgehead atoms. The Bertz CT molecular complexity index is 886. The molecule has 152 valence electrons. The topological polar surface area (TPSA) is 45.2 Å². The van der Waals surface area contributed by atoms with Gasteiger partial charge in [0.15, 0.2) is 0 Å². The summed E-state index contributed by atoms with van der Waals surface area (Å²) in [6.07, 6.45) is 3.17. The Balaban J connectivity index is 1.20. The van der Waals surface area contributed by atoms with Crippen LogP contribution in [0.25, 0.3) is 6.08 Å². The molecule has 0 spiro atoms. The number of anilines is 1. The second-order valence-electron chi connectivity index (χ2n) is 7.64. The monoisotopic (exact) mass is 401 g/mol. The second kappa shape index (κ2) is 7.89. The highest BCUT2D eigenvalue weighted by Gasteiger charge is 2.54. The van der Waals surface area contributed by atoms with Crippen LogP contribution in [0.4, 0.5) is 18.9 Å². The summed E-state index contributed by atoms with van der Waals surface area (Å²) >= 11 is 0. The summed E-state index contributed by atoms with van der Waals surface area (Å²) < 4.78 is 38.7. The van der Waals surface area contributed by atoms with Crippen molar-refractivity contribution in [2.45, 2.75) is 12.6 Å². The third-order valence-corrected chi connectivity index (χ3v) is 5.80. The minimum Gasteiger partial charge on any atom is -0.371 e. The van der Waals surface area contributed by atoms with E-state index in [1.165, 1.54) is 18.2 Å². The average Bonchev–Trinajstić information content (AvgIpc) is 3.15. The number of carbonyl (C=O) groups excluding carboxylic acids is 1. The van der Waals surface area contributed by atoms with Gasteiger partial charge in [0.2, 0.25) is 5.91 Å². The van der Waals surface area contributed by atoms with Crippen LogP contribution in [0, 0.1) is 17.8 Å². The quantitative estimate of drug-likeness (QED) is 0.745. The summed E-state index contributed by atoms with van der Waals surface area (Å²) in [4.78, 5) is 17.9. The molecule has 1 aromatic carbocycles. The van der Waals surface area contributed by atoms with Crippen molar-refractivity contribution in [3.05, 3.63) is 66.0 Å². The van der Waals surface area contributed by atoms with Crippen LogP contribution in [0.3, 0.4) is 0 Å². The number of hydrogen-bond acceptors (Lipinski definition) is 3. The SMILES string of the molecule is O=C(/C=C/c1cccnc1)NCCC1[C@H]2CN(c3cccc(C(F)(F)F)c3)C[C@@H]12. The average molecular weight is 401 g/mol. The zero-order chi connectivity index (χ0) is 20.4. The molecule has 4 nitrogen and oxygen atoms in total. The molecular formula is C22H22F3N3O. The number of carbonyl (C=O) groups is 1. The fraction of sp³-hybridized carbons (Fsp3) is 0.364. The van der Waals surface area contributed by atoms with Gasteiger partial charge in [0.05, 0.1) is 5.56 Å². The normalized spacial score (nSPS) is 23.3. The Kier molecular flexibility index (Phi) is 5.30. The van der Waals surface area contributed by atoms with Crippen molar-refractivity contribution in [1.82, 2.24) is 10.3 Å². The smallest absolute Gasteiger partial charge is 0.371 e. The predicted octanol–water partition coefficient (Wildman–Crippen LogP) is 4.00. The summed E-state index contributed by atoms with van der Waals surface area (Å²) in [5, 5.41) is 2.90. The van der Waals surface area contributed by atoms with Crippen molar-refractivity contribution < 1.29 is 18.0 Å². The van der Waals surface area contributed by atoms with Crippen molar-refractivity contribution in [1.29, 1.82) is 0 Å². The first-order valence-corrected chi connectivity index (χ1v) is 9.70. The van der Waals surface area contributed by atoms with Crippen LogP contribution in [-0.2, 0) is 11.0 Å². The van der Waals surface area contributed by atoms with Crippen molar-refractivity contribution in [3.63, 3.8) is 0 Å². The van der Waals surface area contributed by atoms with Gasteiger partial charge in [-0.1, -0.05) is 12.1 Å². The van der Waals surface area contributed by atoms with E-state index in [1.807, 2.05) is 17.0 Å². The number of hydrogen-bond donors (Lipinski definition) is 1. The summed E-state index contributed by atoms with van der Waals surface area (Å²) in [7, 11) is 0. The van der Waals surface area contributed by atoms with Gasteiger partial charge in [-0.25, -0.2) is 0 Å². The Labute approximate surface area is 167 Å². The number of rotatable bonds is 6. The molecular weight excluding hydrogens is 379 g/mol. The number of aromatic nitrogens is 1. The number of fused-ring (bicyclic) bond motifs is 1. The highest BCUT2D eigenvalue weighted by molar-refractivity contribution is 5.91. The van der Waals surface area contributed by atoms with Crippen molar-refractivity contribution in [3.8, 4) is 0 Å². The molecule has 2 aromatic rings. The van der Waals surface area contributed by atoms with Crippen molar-refractivity contribution >= 4 is 17.7 Å². The Morgan fingerprint density at radius 3 is 2.69 bits per heavy atom. The van der Waals surface area contributed by atoms with Crippen molar-refractivity contribution in [2.75, 3.05) is 24.5 Å². The van der Waals surface area contributed by atoms with Crippen LogP contribution < -0.4 is 10.2 Å². The first kappa shape index (κ1) is 19.5. The molecule has 4 rings (SSSR count). The van der Waals surface area contributed by atoms with Gasteiger partial charge in [0.25, 0.3) is 0 Å². The highest BCUT2D eigenvalue weighted by Crippen LogP contribution is 2.54. The van der Waals surface area contributed by atoms with E-state index in [0.717, 1.165) is 31.1 Å². The molecule has 1 aliphatic carbocycles. The summed E-state index contributed by atoms with van der Waals surface area (Å²) in [6, 6.07) is 9.23. The summed E-state index contributed by atoms with van der Waals surface area (Å²) in [5.41, 5.74) is 0.905. The fourth-order valence-corrected chi connectivity index (χ4v) is 4.23. The van der Waals surface area contributed by atoms with E-state index in [2.05, 4.69) is 10.3 Å². The van der Waals surface area contributed by atoms with Gasteiger partial charge in [0.1, 0.15) is 0 Å². The van der Waals surface area contributed by atoms with Gasteiger partial charge >= 0.3 is 6.18 Å². The van der Waals surface area contributed by atoms with E-state index in [9.17, 15) is 18.0 Å². The molecule has 1 saturated carbocycles. The number of nitrogens with zero attached hydrogens (tertiary/aromatic N) is 2. The van der Waals surface area contributed by atoms with Gasteiger partial charge < -0.3 is 10.2 Å².